The fraction of sp³-hybridized carbons (Fsp3) is 1.00. The van der Waals surface area contributed by atoms with Crippen molar-refractivity contribution in [2.45, 2.75) is 64.1 Å². The van der Waals surface area contributed by atoms with Gasteiger partial charge in [-0.2, -0.15) is 26.3 Å². The van der Waals surface area contributed by atoms with Gasteiger partial charge in [-0.1, -0.05) is 0 Å². The lowest BCUT2D eigenvalue weighted by molar-refractivity contribution is -0.139. The molecule has 2 atom stereocenters. The lowest BCUT2D eigenvalue weighted by atomic mass is 10.2. The molecule has 0 amide bonds. The van der Waals surface area contributed by atoms with Crippen LogP contribution in [0.4, 0.5) is 26.3 Å². The molecule has 116 valence electrons. The van der Waals surface area contributed by atoms with E-state index >= 15 is 0 Å². The van der Waals surface area contributed by atoms with E-state index in [1.165, 1.54) is 13.8 Å². The first-order chi connectivity index (χ1) is 8.49. The maximum absolute atomic E-state index is 11.9. The molecule has 2 unspecified atom stereocenters. The summed E-state index contributed by atoms with van der Waals surface area (Å²) in [5.41, 5.74) is 0. The van der Waals surface area contributed by atoms with E-state index in [1.54, 1.807) is 0 Å². The van der Waals surface area contributed by atoms with Crippen molar-refractivity contribution in [2.75, 3.05) is 0 Å². The molecule has 0 aliphatic carbocycles. The fourth-order valence-electron chi connectivity index (χ4n) is 1.17. The Morgan fingerprint density at radius 3 is 1.37 bits per heavy atom. The third-order valence-corrected chi connectivity index (χ3v) is 3.78. The van der Waals surface area contributed by atoms with Crippen LogP contribution in [0.5, 0.6) is 0 Å². The fourth-order valence-corrected chi connectivity index (χ4v) is 2.05. The van der Waals surface area contributed by atoms with Crippen molar-refractivity contribution in [2.24, 2.45) is 0 Å². The van der Waals surface area contributed by atoms with Crippen LogP contribution in [0.2, 0.25) is 0 Å². The topological polar surface area (TPSA) is 18.5 Å². The summed E-state index contributed by atoms with van der Waals surface area (Å²) < 4.78 is 81.5. The highest BCUT2D eigenvalue weighted by Gasteiger charge is 2.28. The molecule has 0 saturated heterocycles. The smallest absolute Gasteiger partial charge is 0.389 e. The Morgan fingerprint density at radius 1 is 0.789 bits per heavy atom. The second-order valence-corrected chi connectivity index (χ2v) is 5.28. The van der Waals surface area contributed by atoms with Gasteiger partial charge in [0.05, 0.1) is 0 Å². The van der Waals surface area contributed by atoms with Gasteiger partial charge in [0.25, 0.3) is 0 Å². The van der Waals surface area contributed by atoms with Crippen LogP contribution in [0.15, 0.2) is 0 Å². The highest BCUT2D eigenvalue weighted by Crippen LogP contribution is 2.24. The number of hydrogen-bond acceptors (Lipinski definition) is 2. The predicted octanol–water partition coefficient (Wildman–Crippen LogP) is 3.48. The van der Waals surface area contributed by atoms with E-state index in [2.05, 4.69) is 0 Å². The molecule has 0 N–H and O–H groups in total. The van der Waals surface area contributed by atoms with Crippen molar-refractivity contribution >= 4 is 10.0 Å². The van der Waals surface area contributed by atoms with Gasteiger partial charge in [-0.15, -0.1) is 0 Å². The lowest BCUT2D eigenvalue weighted by Gasteiger charge is -2.17. The van der Waals surface area contributed by atoms with Crippen LogP contribution < -0.4 is 0 Å². The van der Waals surface area contributed by atoms with E-state index in [0.717, 1.165) is 0 Å². The van der Waals surface area contributed by atoms with Gasteiger partial charge in [0.1, 0.15) is 0 Å². The molecule has 0 aromatic carbocycles. The van der Waals surface area contributed by atoms with Gasteiger partial charge >= 0.3 is 22.4 Å². The summed E-state index contributed by atoms with van der Waals surface area (Å²) >= 11 is 0. The minimum atomic E-state index is -4.22. The number of alkyl halides is 6. The maximum Gasteiger partial charge on any atom is 0.389 e. The van der Waals surface area contributed by atoms with Crippen molar-refractivity contribution in [3.63, 3.8) is 0 Å². The average Bonchev–Trinajstić information content (AvgIpc) is 2.22. The summed E-state index contributed by atoms with van der Waals surface area (Å²) in [6.07, 6.45) is -11.8. The number of hydrogen-bond donors (Lipinski definition) is 0. The van der Waals surface area contributed by atoms with E-state index in [9.17, 15) is 26.3 Å². The van der Waals surface area contributed by atoms with Crippen LogP contribution in [0.3, 0.4) is 0 Å². The Hall–Kier alpha value is -0.283. The van der Waals surface area contributed by atoms with Gasteiger partial charge in [0, 0.05) is 25.0 Å². The molecule has 0 aliphatic heterocycles. The van der Waals surface area contributed by atoms with Gasteiger partial charge < -0.3 is 8.85 Å². The highest BCUT2D eigenvalue weighted by molar-refractivity contribution is 6.18. The van der Waals surface area contributed by atoms with E-state index in [4.69, 9.17) is 8.85 Å². The SMILES string of the molecule is CC(CCC(F)(F)F)O[SiH2]OC(C)CCC(F)(F)F. The molecular formula is C10H18F6O2Si. The molecule has 19 heavy (non-hydrogen) atoms. The van der Waals surface area contributed by atoms with E-state index in [1.807, 2.05) is 0 Å². The van der Waals surface area contributed by atoms with Crippen molar-refractivity contribution in [3.05, 3.63) is 0 Å². The molecule has 0 spiro atoms. The first-order valence-corrected chi connectivity index (χ1v) is 7.02. The zero-order chi connectivity index (χ0) is 15.1. The second-order valence-electron chi connectivity index (χ2n) is 4.38. The average molecular weight is 312 g/mol. The minimum absolute atomic E-state index is 0.170. The Balaban J connectivity index is 3.61. The van der Waals surface area contributed by atoms with Crippen LogP contribution >= 0.6 is 0 Å². The minimum Gasteiger partial charge on any atom is -0.396 e. The van der Waals surface area contributed by atoms with Crippen molar-refractivity contribution < 1.29 is 35.2 Å². The summed E-state index contributed by atoms with van der Waals surface area (Å²) in [6, 6.07) is 0. The maximum atomic E-state index is 11.9. The largest absolute Gasteiger partial charge is 0.396 e. The quantitative estimate of drug-likeness (QED) is 0.505. The van der Waals surface area contributed by atoms with Crippen LogP contribution in [0.25, 0.3) is 0 Å². The van der Waals surface area contributed by atoms with Gasteiger partial charge in [0.15, 0.2) is 0 Å². The van der Waals surface area contributed by atoms with Crippen molar-refractivity contribution in [1.29, 1.82) is 0 Å². The molecule has 9 heteroatoms. The van der Waals surface area contributed by atoms with Crippen LogP contribution in [0.1, 0.15) is 39.5 Å². The summed E-state index contributed by atoms with van der Waals surface area (Å²) in [6.45, 7) is 2.98. The Kier molecular flexibility index (Phi) is 7.98. The monoisotopic (exact) mass is 312 g/mol. The Bertz CT molecular complexity index is 219. The van der Waals surface area contributed by atoms with Gasteiger partial charge in [-0.05, 0) is 26.7 Å². The first-order valence-electron chi connectivity index (χ1n) is 5.86. The Morgan fingerprint density at radius 2 is 1.11 bits per heavy atom. The van der Waals surface area contributed by atoms with Crippen LogP contribution in [-0.4, -0.2) is 34.6 Å². The predicted molar refractivity (Wildman–Crippen MR) is 60.2 cm³/mol. The third-order valence-electron chi connectivity index (χ3n) is 2.37. The summed E-state index contributed by atoms with van der Waals surface area (Å²) in [5, 5.41) is 0. The van der Waals surface area contributed by atoms with E-state index < -0.39 is 47.4 Å². The van der Waals surface area contributed by atoms with Crippen molar-refractivity contribution in [1.82, 2.24) is 0 Å². The van der Waals surface area contributed by atoms with Gasteiger partial charge in [-0.3, -0.25) is 0 Å². The summed E-state index contributed by atoms with van der Waals surface area (Å²) in [7, 11) is -1.55. The molecule has 0 aliphatic rings. The van der Waals surface area contributed by atoms with Crippen LogP contribution in [0, 0.1) is 0 Å². The highest BCUT2D eigenvalue weighted by atomic mass is 28.3. The molecular weight excluding hydrogens is 294 g/mol. The first kappa shape index (κ1) is 18.7. The molecule has 0 bridgehead atoms. The molecule has 0 heterocycles. The summed E-state index contributed by atoms with van der Waals surface area (Å²) in [5.74, 6) is 0. The lowest BCUT2D eigenvalue weighted by Crippen LogP contribution is -2.22. The van der Waals surface area contributed by atoms with E-state index in [0.29, 0.717) is 0 Å². The zero-order valence-corrected chi connectivity index (χ0v) is 12.2. The zero-order valence-electron chi connectivity index (χ0n) is 10.8. The molecule has 2 nitrogen and oxygen atoms in total. The van der Waals surface area contributed by atoms with Crippen molar-refractivity contribution in [3.8, 4) is 0 Å². The van der Waals surface area contributed by atoms with Crippen LogP contribution in [-0.2, 0) is 8.85 Å². The number of rotatable bonds is 8. The molecule has 0 saturated carbocycles. The standard InChI is InChI=1S/C10H18F6O2Si/c1-7(3-5-9(11,12)13)17-19-18-8(2)4-6-10(14,15)16/h7-8H,3-6,19H2,1-2H3. The normalized spacial score (nSPS) is 17.1. The summed E-state index contributed by atoms with van der Waals surface area (Å²) in [4.78, 5) is 0. The van der Waals surface area contributed by atoms with Gasteiger partial charge in [0.2, 0.25) is 0 Å². The molecule has 0 rings (SSSR count). The molecule has 0 radical (unpaired) electrons. The van der Waals surface area contributed by atoms with Gasteiger partial charge in [-0.25, -0.2) is 0 Å². The third kappa shape index (κ3) is 13.9. The molecule has 0 aromatic rings. The molecule has 0 fully saturated rings. The molecule has 0 aromatic heterocycles. The van der Waals surface area contributed by atoms with E-state index in [-0.39, 0.29) is 12.8 Å². The number of halogens is 6. The second kappa shape index (κ2) is 8.10. The Labute approximate surface area is 110 Å².